The number of anilines is 1. The van der Waals surface area contributed by atoms with Gasteiger partial charge in [-0.25, -0.2) is 4.39 Å². The van der Waals surface area contributed by atoms with Gasteiger partial charge in [-0.15, -0.1) is 0 Å². The number of halogens is 1. The molecule has 1 saturated heterocycles. The van der Waals surface area contributed by atoms with Crippen molar-refractivity contribution in [2.75, 3.05) is 25.0 Å². The van der Waals surface area contributed by atoms with Crippen LogP contribution in [0.25, 0.3) is 11.1 Å². The van der Waals surface area contributed by atoms with Gasteiger partial charge in [-0.05, 0) is 38.4 Å². The predicted molar refractivity (Wildman–Crippen MR) is 94.3 cm³/mol. The zero-order valence-corrected chi connectivity index (χ0v) is 15.0. The second kappa shape index (κ2) is 7.03. The van der Waals surface area contributed by atoms with E-state index in [4.69, 9.17) is 8.94 Å². The van der Waals surface area contributed by atoms with E-state index in [1.807, 2.05) is 0 Å². The number of oxazole rings is 1. The molecule has 1 aliphatic heterocycles. The number of rotatable bonds is 4. The van der Waals surface area contributed by atoms with Gasteiger partial charge in [0.05, 0.1) is 6.54 Å². The van der Waals surface area contributed by atoms with Gasteiger partial charge in [-0.2, -0.15) is 9.97 Å². The van der Waals surface area contributed by atoms with Gasteiger partial charge >= 0.3 is 0 Å². The molecule has 0 amide bonds. The van der Waals surface area contributed by atoms with Crippen molar-refractivity contribution in [3.63, 3.8) is 0 Å². The minimum absolute atomic E-state index is 0.299. The topological polar surface area (TPSA) is 71.4 Å². The molecule has 0 aliphatic carbocycles. The average molecular weight is 359 g/mol. The summed E-state index contributed by atoms with van der Waals surface area (Å²) in [4.78, 5) is 13.1. The summed E-state index contributed by atoms with van der Waals surface area (Å²) in [6.07, 6.45) is 3.10. The van der Waals surface area contributed by atoms with Crippen molar-refractivity contribution in [1.29, 1.82) is 0 Å². The molecule has 2 aromatic heterocycles. The van der Waals surface area contributed by atoms with E-state index in [9.17, 15) is 4.39 Å². The summed E-state index contributed by atoms with van der Waals surface area (Å²) in [5.41, 5.74) is 1.18. The van der Waals surface area contributed by atoms with Crippen LogP contribution < -0.4 is 4.90 Å². The lowest BCUT2D eigenvalue weighted by molar-refractivity contribution is 0.209. The molecule has 1 fully saturated rings. The largest absolute Gasteiger partial charge is 0.423 e. The van der Waals surface area contributed by atoms with E-state index < -0.39 is 0 Å². The van der Waals surface area contributed by atoms with E-state index in [1.54, 1.807) is 13.0 Å². The van der Waals surface area contributed by atoms with Gasteiger partial charge in [0, 0.05) is 32.1 Å². The standard InChI is InChI=1S/C18H22FN5O2/c1-12-20-17(22-26-12)11-23(2)14-4-3-8-24(9-7-14)18-21-15-10-13(19)5-6-16(15)25-18/h5-6,10,14H,3-4,7-9,11H2,1-2H3/t14-/m1/s1. The minimum Gasteiger partial charge on any atom is -0.423 e. The van der Waals surface area contributed by atoms with Crippen molar-refractivity contribution >= 4 is 17.1 Å². The van der Waals surface area contributed by atoms with Crippen molar-refractivity contribution in [2.24, 2.45) is 0 Å². The molecule has 0 saturated carbocycles. The summed E-state index contributed by atoms with van der Waals surface area (Å²) in [5.74, 6) is 1.01. The number of aromatic nitrogens is 3. The summed E-state index contributed by atoms with van der Waals surface area (Å²) in [6, 6.07) is 5.43. The Bertz CT molecular complexity index is 893. The van der Waals surface area contributed by atoms with Crippen LogP contribution in [0.15, 0.2) is 27.1 Å². The SMILES string of the molecule is Cc1nc(CN(C)[C@@H]2CCCN(c3nc4cc(F)ccc4o3)CC2)no1. The average Bonchev–Trinajstić information content (AvgIpc) is 3.12. The Morgan fingerprint density at radius 1 is 1.27 bits per heavy atom. The number of benzene rings is 1. The van der Waals surface area contributed by atoms with Crippen molar-refractivity contribution < 1.29 is 13.3 Å². The van der Waals surface area contributed by atoms with Crippen LogP contribution in [0.5, 0.6) is 0 Å². The fourth-order valence-electron chi connectivity index (χ4n) is 3.49. The van der Waals surface area contributed by atoms with E-state index in [0.29, 0.717) is 41.4 Å². The Hall–Kier alpha value is -2.48. The molecule has 0 unspecified atom stereocenters. The summed E-state index contributed by atoms with van der Waals surface area (Å²) in [6.45, 7) is 4.19. The summed E-state index contributed by atoms with van der Waals surface area (Å²) >= 11 is 0. The third-order valence-electron chi connectivity index (χ3n) is 4.89. The van der Waals surface area contributed by atoms with Gasteiger partial charge in [0.25, 0.3) is 6.01 Å². The van der Waals surface area contributed by atoms with Crippen molar-refractivity contribution in [3.8, 4) is 0 Å². The molecular formula is C18H22FN5O2. The monoisotopic (exact) mass is 359 g/mol. The molecule has 0 bridgehead atoms. The first-order valence-electron chi connectivity index (χ1n) is 8.89. The minimum atomic E-state index is -0.299. The zero-order chi connectivity index (χ0) is 18.1. The summed E-state index contributed by atoms with van der Waals surface area (Å²) < 4.78 is 24.2. The highest BCUT2D eigenvalue weighted by atomic mass is 19.1. The third-order valence-corrected chi connectivity index (χ3v) is 4.89. The van der Waals surface area contributed by atoms with Gasteiger partial charge in [-0.1, -0.05) is 5.16 Å². The van der Waals surface area contributed by atoms with Crippen LogP contribution in [-0.2, 0) is 6.54 Å². The van der Waals surface area contributed by atoms with E-state index in [2.05, 4.69) is 32.0 Å². The molecule has 0 spiro atoms. The van der Waals surface area contributed by atoms with E-state index in [1.165, 1.54) is 12.1 Å². The van der Waals surface area contributed by atoms with Gasteiger partial charge in [-0.3, -0.25) is 4.90 Å². The quantitative estimate of drug-likeness (QED) is 0.708. The lowest BCUT2D eigenvalue weighted by Crippen LogP contribution is -2.33. The molecule has 7 nitrogen and oxygen atoms in total. The maximum atomic E-state index is 13.4. The summed E-state index contributed by atoms with van der Waals surface area (Å²) in [7, 11) is 2.09. The van der Waals surface area contributed by atoms with E-state index >= 15 is 0 Å². The van der Waals surface area contributed by atoms with Crippen LogP contribution in [0.1, 0.15) is 31.0 Å². The lowest BCUT2D eigenvalue weighted by atomic mass is 10.1. The first kappa shape index (κ1) is 17.0. The molecule has 138 valence electrons. The van der Waals surface area contributed by atoms with Crippen LogP contribution in [0.4, 0.5) is 10.4 Å². The van der Waals surface area contributed by atoms with Gasteiger partial charge < -0.3 is 13.8 Å². The highest BCUT2D eigenvalue weighted by Crippen LogP contribution is 2.26. The normalized spacial score (nSPS) is 18.6. The molecule has 1 aromatic carbocycles. The highest BCUT2D eigenvalue weighted by Gasteiger charge is 2.24. The maximum absolute atomic E-state index is 13.4. The molecule has 1 aliphatic rings. The number of nitrogens with zero attached hydrogens (tertiary/aromatic N) is 5. The lowest BCUT2D eigenvalue weighted by Gasteiger charge is -2.25. The van der Waals surface area contributed by atoms with Crippen molar-refractivity contribution in [2.45, 2.75) is 38.8 Å². The zero-order valence-electron chi connectivity index (χ0n) is 15.0. The van der Waals surface area contributed by atoms with Gasteiger partial charge in [0.1, 0.15) is 11.3 Å². The van der Waals surface area contributed by atoms with Crippen molar-refractivity contribution in [3.05, 3.63) is 35.7 Å². The van der Waals surface area contributed by atoms with Crippen LogP contribution in [-0.4, -0.2) is 46.2 Å². The number of hydrogen-bond acceptors (Lipinski definition) is 7. The second-order valence-corrected chi connectivity index (χ2v) is 6.82. The first-order chi connectivity index (χ1) is 12.6. The van der Waals surface area contributed by atoms with Gasteiger partial charge in [0.15, 0.2) is 11.4 Å². The maximum Gasteiger partial charge on any atom is 0.298 e. The molecule has 4 rings (SSSR count). The Kier molecular flexibility index (Phi) is 4.58. The Labute approximate surface area is 150 Å². The number of hydrogen-bond donors (Lipinski definition) is 0. The fraction of sp³-hybridized carbons (Fsp3) is 0.500. The molecule has 26 heavy (non-hydrogen) atoms. The van der Waals surface area contributed by atoms with Crippen molar-refractivity contribution in [1.82, 2.24) is 20.0 Å². The van der Waals surface area contributed by atoms with Crippen LogP contribution >= 0.6 is 0 Å². The number of fused-ring (bicyclic) bond motifs is 1. The second-order valence-electron chi connectivity index (χ2n) is 6.82. The summed E-state index contributed by atoms with van der Waals surface area (Å²) in [5, 5.41) is 3.97. The number of aryl methyl sites for hydroxylation is 1. The molecule has 3 heterocycles. The highest BCUT2D eigenvalue weighted by molar-refractivity contribution is 5.74. The molecule has 8 heteroatoms. The Morgan fingerprint density at radius 2 is 2.15 bits per heavy atom. The van der Waals surface area contributed by atoms with E-state index in [0.717, 1.165) is 32.4 Å². The van der Waals surface area contributed by atoms with Gasteiger partial charge in [0.2, 0.25) is 5.89 Å². The smallest absolute Gasteiger partial charge is 0.298 e. The Balaban J connectivity index is 1.42. The predicted octanol–water partition coefficient (Wildman–Crippen LogP) is 3.15. The fourth-order valence-corrected chi connectivity index (χ4v) is 3.49. The third kappa shape index (κ3) is 3.55. The first-order valence-corrected chi connectivity index (χ1v) is 8.89. The van der Waals surface area contributed by atoms with Crippen LogP contribution in [0, 0.1) is 12.7 Å². The molecule has 0 N–H and O–H groups in total. The molecule has 1 atom stereocenters. The Morgan fingerprint density at radius 3 is 2.96 bits per heavy atom. The van der Waals surface area contributed by atoms with Crippen LogP contribution in [0.2, 0.25) is 0 Å². The molecule has 0 radical (unpaired) electrons. The molecular weight excluding hydrogens is 337 g/mol. The van der Waals surface area contributed by atoms with E-state index in [-0.39, 0.29) is 5.82 Å². The molecule has 3 aromatic rings. The van der Waals surface area contributed by atoms with Crippen LogP contribution in [0.3, 0.4) is 0 Å².